The molecule has 0 bridgehead atoms. The Balaban J connectivity index is 1.26. The third-order valence-corrected chi connectivity index (χ3v) is 10.6. The Kier molecular flexibility index (Phi) is 6.89. The molecule has 2 aliphatic heterocycles. The number of piperazine rings is 1. The summed E-state index contributed by atoms with van der Waals surface area (Å²) in [5.74, 6) is -0.0270. The van der Waals surface area contributed by atoms with Crippen molar-refractivity contribution in [3.8, 4) is 11.1 Å². The number of aryl methyl sites for hydroxylation is 1. The van der Waals surface area contributed by atoms with Gasteiger partial charge in [-0.05, 0) is 66.1 Å². The molecule has 1 fully saturated rings. The lowest BCUT2D eigenvalue weighted by atomic mass is 9.94. The molecule has 1 aromatic heterocycles. The third-order valence-electron chi connectivity index (χ3n) is 8.87. The molecular weight excluding hydrogens is 540 g/mol. The highest BCUT2D eigenvalue weighted by atomic mass is 32.2. The molecule has 7 rings (SSSR count). The Hall–Kier alpha value is -3.91. The van der Waals surface area contributed by atoms with Crippen LogP contribution < -0.4 is 4.90 Å². The summed E-state index contributed by atoms with van der Waals surface area (Å²) in [4.78, 5) is 8.19. The van der Waals surface area contributed by atoms with Crippen LogP contribution in [0.3, 0.4) is 0 Å². The fourth-order valence-electron chi connectivity index (χ4n) is 6.40. The van der Waals surface area contributed by atoms with E-state index in [1.165, 1.54) is 5.69 Å². The second-order valence-corrected chi connectivity index (χ2v) is 13.7. The molecule has 42 heavy (non-hydrogen) atoms. The third kappa shape index (κ3) is 5.02. The van der Waals surface area contributed by atoms with Gasteiger partial charge in [-0.25, -0.2) is 8.42 Å². The van der Waals surface area contributed by atoms with Crippen LogP contribution in [-0.2, 0) is 22.3 Å². The lowest BCUT2D eigenvalue weighted by Gasteiger charge is -2.34. The number of hydrogen-bond donors (Lipinski definition) is 1. The van der Waals surface area contributed by atoms with Crippen LogP contribution in [-0.4, -0.2) is 55.8 Å². The summed E-state index contributed by atoms with van der Waals surface area (Å²) >= 11 is 0. The average molecular weight is 577 g/mol. The molecule has 6 nitrogen and oxygen atoms in total. The largest absolute Gasteiger partial charge is 0.369 e. The molecule has 5 aromatic rings. The first kappa shape index (κ1) is 27.0. The number of benzene rings is 4. The van der Waals surface area contributed by atoms with E-state index in [1.807, 2.05) is 55.6 Å². The van der Waals surface area contributed by atoms with Crippen LogP contribution in [0.15, 0.2) is 97.2 Å². The average Bonchev–Trinajstić information content (AvgIpc) is 3.60. The molecule has 0 aliphatic carbocycles. The Labute approximate surface area is 248 Å². The Morgan fingerprint density at radius 1 is 0.810 bits per heavy atom. The van der Waals surface area contributed by atoms with E-state index in [0.717, 1.165) is 76.0 Å². The van der Waals surface area contributed by atoms with Crippen molar-refractivity contribution in [1.29, 1.82) is 0 Å². The number of nitrogens with one attached hydrogen (secondary N) is 1. The molecule has 1 atom stereocenters. The molecule has 0 saturated carbocycles. The number of sulfonamides is 1. The second kappa shape index (κ2) is 10.7. The zero-order chi connectivity index (χ0) is 28.8. The molecule has 0 spiro atoms. The topological polar surface area (TPSA) is 59.7 Å². The van der Waals surface area contributed by atoms with Gasteiger partial charge in [-0.1, -0.05) is 72.3 Å². The Bertz CT molecular complexity index is 1840. The van der Waals surface area contributed by atoms with Gasteiger partial charge in [0.1, 0.15) is 0 Å². The zero-order valence-corrected chi connectivity index (χ0v) is 24.9. The maximum atomic E-state index is 14.1. The van der Waals surface area contributed by atoms with Crippen LogP contribution in [0, 0.1) is 6.92 Å². The number of likely N-dealkylation sites (N-methyl/N-ethyl adjacent to an activating group) is 1. The van der Waals surface area contributed by atoms with E-state index in [0.29, 0.717) is 6.54 Å². The first-order valence-electron chi connectivity index (χ1n) is 14.6. The van der Waals surface area contributed by atoms with Crippen molar-refractivity contribution >= 4 is 26.6 Å². The summed E-state index contributed by atoms with van der Waals surface area (Å²) in [6, 6.07) is 30.8. The first-order chi connectivity index (χ1) is 20.4. The molecule has 0 amide bonds. The van der Waals surface area contributed by atoms with Crippen LogP contribution >= 0.6 is 0 Å². The van der Waals surface area contributed by atoms with Crippen LogP contribution in [0.5, 0.6) is 0 Å². The fourth-order valence-corrected chi connectivity index (χ4v) is 8.06. The van der Waals surface area contributed by atoms with Gasteiger partial charge in [0.15, 0.2) is 0 Å². The van der Waals surface area contributed by atoms with Crippen molar-refractivity contribution in [3.63, 3.8) is 0 Å². The standard InChI is InChI=1S/C35H36N4O2S/c1-25-7-9-26(10-8-25)24-42(40,41)39-23-29-12-11-28(27-13-15-30(16-14-27)38-19-17-37(2)18-20-38)21-32(29)35(39)33-22-36-34-6-4-3-5-31(33)34/h3-16,21-22,35-36H,17-20,23-24H2,1-2H3/t35-/m1/s1. The monoisotopic (exact) mass is 576 g/mol. The molecule has 4 aromatic carbocycles. The number of hydrogen-bond acceptors (Lipinski definition) is 4. The van der Waals surface area contributed by atoms with Crippen molar-refractivity contribution in [1.82, 2.24) is 14.2 Å². The predicted molar refractivity (Wildman–Crippen MR) is 171 cm³/mol. The maximum absolute atomic E-state index is 14.1. The highest BCUT2D eigenvalue weighted by Crippen LogP contribution is 2.44. The second-order valence-electron chi connectivity index (χ2n) is 11.7. The molecule has 214 valence electrons. The van der Waals surface area contributed by atoms with Gasteiger partial charge in [0.25, 0.3) is 0 Å². The van der Waals surface area contributed by atoms with Crippen molar-refractivity contribution in [2.75, 3.05) is 38.1 Å². The van der Waals surface area contributed by atoms with Gasteiger partial charge in [-0.3, -0.25) is 0 Å². The van der Waals surface area contributed by atoms with E-state index in [1.54, 1.807) is 4.31 Å². The van der Waals surface area contributed by atoms with E-state index >= 15 is 0 Å². The van der Waals surface area contributed by atoms with Crippen molar-refractivity contribution in [3.05, 3.63) is 125 Å². The first-order valence-corrected chi connectivity index (χ1v) is 16.2. The number of fused-ring (bicyclic) bond motifs is 2. The van der Waals surface area contributed by atoms with Crippen molar-refractivity contribution in [2.24, 2.45) is 0 Å². The van der Waals surface area contributed by atoms with Gasteiger partial charge in [-0.2, -0.15) is 4.31 Å². The van der Waals surface area contributed by atoms with Crippen LogP contribution in [0.25, 0.3) is 22.0 Å². The summed E-state index contributed by atoms with van der Waals surface area (Å²) in [7, 11) is -1.45. The molecule has 3 heterocycles. The summed E-state index contributed by atoms with van der Waals surface area (Å²) in [5.41, 5.74) is 9.49. The predicted octanol–water partition coefficient (Wildman–Crippen LogP) is 6.33. The number of aromatic nitrogens is 1. The number of H-pyrrole nitrogens is 1. The summed E-state index contributed by atoms with van der Waals surface area (Å²) in [6.45, 7) is 6.59. The Morgan fingerprint density at radius 3 is 2.29 bits per heavy atom. The van der Waals surface area contributed by atoms with E-state index in [-0.39, 0.29) is 5.75 Å². The van der Waals surface area contributed by atoms with Gasteiger partial charge in [0.05, 0.1) is 11.8 Å². The van der Waals surface area contributed by atoms with E-state index < -0.39 is 16.1 Å². The molecule has 7 heteroatoms. The van der Waals surface area contributed by atoms with Crippen LogP contribution in [0.2, 0.25) is 0 Å². The molecule has 0 radical (unpaired) electrons. The smallest absolute Gasteiger partial charge is 0.219 e. The number of para-hydroxylation sites is 1. The summed E-state index contributed by atoms with van der Waals surface area (Å²) in [6.07, 6.45) is 1.98. The van der Waals surface area contributed by atoms with Crippen LogP contribution in [0.4, 0.5) is 5.69 Å². The number of rotatable bonds is 6. The van der Waals surface area contributed by atoms with Crippen LogP contribution in [0.1, 0.15) is 33.9 Å². The quantitative estimate of drug-likeness (QED) is 0.257. The number of nitrogens with zero attached hydrogens (tertiary/aromatic N) is 3. The van der Waals surface area contributed by atoms with Gasteiger partial charge >= 0.3 is 0 Å². The van der Waals surface area contributed by atoms with Gasteiger partial charge in [0, 0.05) is 61.1 Å². The number of anilines is 1. The summed E-state index contributed by atoms with van der Waals surface area (Å²) < 4.78 is 29.8. The van der Waals surface area contributed by atoms with E-state index in [4.69, 9.17) is 0 Å². The number of aromatic amines is 1. The fraction of sp³-hybridized carbons (Fsp3) is 0.257. The lowest BCUT2D eigenvalue weighted by Crippen LogP contribution is -2.44. The van der Waals surface area contributed by atoms with E-state index in [2.05, 4.69) is 70.4 Å². The highest BCUT2D eigenvalue weighted by molar-refractivity contribution is 7.88. The maximum Gasteiger partial charge on any atom is 0.219 e. The van der Waals surface area contributed by atoms with Gasteiger partial charge in [0.2, 0.25) is 10.0 Å². The highest BCUT2D eigenvalue weighted by Gasteiger charge is 2.40. The minimum Gasteiger partial charge on any atom is -0.369 e. The van der Waals surface area contributed by atoms with Crippen molar-refractivity contribution < 1.29 is 8.42 Å². The van der Waals surface area contributed by atoms with E-state index in [9.17, 15) is 8.42 Å². The minimum absolute atomic E-state index is 0.0270. The summed E-state index contributed by atoms with van der Waals surface area (Å²) in [5, 5.41) is 1.05. The molecular formula is C35H36N4O2S. The molecule has 2 aliphatic rings. The van der Waals surface area contributed by atoms with Gasteiger partial charge < -0.3 is 14.8 Å². The minimum atomic E-state index is -3.63. The van der Waals surface area contributed by atoms with Gasteiger partial charge in [-0.15, -0.1) is 0 Å². The molecule has 1 N–H and O–H groups in total. The van der Waals surface area contributed by atoms with Crippen molar-refractivity contribution in [2.45, 2.75) is 25.3 Å². The zero-order valence-electron chi connectivity index (χ0n) is 24.1. The SMILES string of the molecule is Cc1ccc(CS(=O)(=O)N2Cc3ccc(-c4ccc(N5CCN(C)CC5)cc4)cc3[C@@H]2c2c[nH]c3ccccc23)cc1. The molecule has 0 unspecified atom stereocenters. The normalized spacial score (nSPS) is 18.0. The lowest BCUT2D eigenvalue weighted by molar-refractivity contribution is 0.313. The molecule has 1 saturated heterocycles. The Morgan fingerprint density at radius 2 is 1.52 bits per heavy atom.